The molecule has 2 heterocycles. The van der Waals surface area contributed by atoms with Gasteiger partial charge >= 0.3 is 11.3 Å². The minimum Gasteiger partial charge on any atom is -0.625 e. The standard InChI is InChI=1S/C7H9F3N4OS/c1-13-2-3-14(15,4-13)6-12-11-5(16-6)7(8,9)10/h2-4H2,1H3. The lowest BCUT2D eigenvalue weighted by Crippen LogP contribution is -2.41. The highest BCUT2D eigenvalue weighted by Crippen LogP contribution is 2.37. The Hall–Kier alpha value is -0.770. The quantitative estimate of drug-likeness (QED) is 0.559. The van der Waals surface area contributed by atoms with Crippen molar-refractivity contribution in [3.63, 3.8) is 0 Å². The maximum atomic E-state index is 12.3. The zero-order chi connectivity index (χ0) is 12.0. The van der Waals surface area contributed by atoms with E-state index in [4.69, 9.17) is 0 Å². The van der Waals surface area contributed by atoms with Crippen LogP contribution < -0.4 is 4.65 Å². The van der Waals surface area contributed by atoms with E-state index in [1.54, 1.807) is 11.9 Å². The molecule has 1 fully saturated rings. The number of aromatic nitrogens is 2. The van der Waals surface area contributed by atoms with Crippen molar-refractivity contribution in [1.82, 2.24) is 19.7 Å². The molecule has 0 N–H and O–H groups in total. The predicted molar refractivity (Wildman–Crippen MR) is 52.4 cm³/mol. The second-order valence-electron chi connectivity index (χ2n) is 3.72. The van der Waals surface area contributed by atoms with Gasteiger partial charge in [-0.1, -0.05) is 5.10 Å². The first kappa shape index (κ1) is 11.7. The molecule has 9 heteroatoms. The molecule has 16 heavy (non-hydrogen) atoms. The van der Waals surface area contributed by atoms with E-state index in [0.29, 0.717) is 17.9 Å². The second kappa shape index (κ2) is 3.62. The van der Waals surface area contributed by atoms with Crippen LogP contribution in [0.3, 0.4) is 0 Å². The maximum absolute atomic E-state index is 12.3. The molecule has 0 spiro atoms. The largest absolute Gasteiger partial charge is 0.625 e. The molecule has 0 saturated carbocycles. The van der Waals surface area contributed by atoms with Crippen LogP contribution in [0.5, 0.6) is 0 Å². The van der Waals surface area contributed by atoms with Crippen LogP contribution in [0.4, 0.5) is 18.3 Å². The smallest absolute Gasteiger partial charge is 0.445 e. The van der Waals surface area contributed by atoms with Gasteiger partial charge in [0, 0.05) is 0 Å². The molecule has 1 aliphatic rings. The van der Waals surface area contributed by atoms with Gasteiger partial charge in [-0.2, -0.15) is 13.2 Å². The Morgan fingerprint density at radius 2 is 2.12 bits per heavy atom. The third kappa shape index (κ3) is 2.03. The van der Waals surface area contributed by atoms with Gasteiger partial charge in [-0.05, 0) is 18.4 Å². The Morgan fingerprint density at radius 3 is 2.56 bits per heavy atom. The highest BCUT2D eigenvalue weighted by molar-refractivity contribution is 7.15. The van der Waals surface area contributed by atoms with Gasteiger partial charge < -0.3 is 5.21 Å². The number of nitrogens with zero attached hydrogens (tertiary/aromatic N) is 4. The lowest BCUT2D eigenvalue weighted by molar-refractivity contribution is -0.138. The number of halogens is 3. The van der Waals surface area contributed by atoms with E-state index in [2.05, 4.69) is 10.2 Å². The summed E-state index contributed by atoms with van der Waals surface area (Å²) in [5.74, 6) is 0. The molecule has 5 nitrogen and oxygen atoms in total. The van der Waals surface area contributed by atoms with Crippen LogP contribution in [0, 0.1) is 5.21 Å². The van der Waals surface area contributed by atoms with E-state index in [9.17, 15) is 18.4 Å². The van der Waals surface area contributed by atoms with Crippen LogP contribution >= 0.6 is 11.3 Å². The molecular formula is C7H9F3N4OS. The van der Waals surface area contributed by atoms with Crippen LogP contribution in [-0.2, 0) is 6.18 Å². The monoisotopic (exact) mass is 254 g/mol. The van der Waals surface area contributed by atoms with Gasteiger partial charge in [-0.25, -0.2) is 0 Å². The summed E-state index contributed by atoms with van der Waals surface area (Å²) in [4.78, 5) is 1.75. The van der Waals surface area contributed by atoms with Gasteiger partial charge in [0.25, 0.3) is 0 Å². The molecule has 2 rings (SSSR count). The first-order valence-corrected chi connectivity index (χ1v) is 5.31. The predicted octanol–water partition coefficient (Wildman–Crippen LogP) is 1.26. The fourth-order valence-electron chi connectivity index (χ4n) is 1.51. The van der Waals surface area contributed by atoms with Crippen LogP contribution in [0.15, 0.2) is 0 Å². The summed E-state index contributed by atoms with van der Waals surface area (Å²) in [5, 5.41) is 17.3. The summed E-state index contributed by atoms with van der Waals surface area (Å²) in [6, 6.07) is 0. The minimum absolute atomic E-state index is 0.118. The second-order valence-corrected chi connectivity index (χ2v) is 4.68. The first-order chi connectivity index (χ1) is 7.31. The number of hydrogen-bond donors (Lipinski definition) is 0. The number of alkyl halides is 3. The topological polar surface area (TPSA) is 52.1 Å². The van der Waals surface area contributed by atoms with Gasteiger partial charge in [0.1, 0.15) is 6.67 Å². The van der Waals surface area contributed by atoms with E-state index in [0.717, 1.165) is 0 Å². The van der Waals surface area contributed by atoms with Crippen molar-refractivity contribution in [2.24, 2.45) is 0 Å². The van der Waals surface area contributed by atoms with E-state index >= 15 is 0 Å². The Labute approximate surface area is 93.3 Å². The van der Waals surface area contributed by atoms with Crippen molar-refractivity contribution in [2.75, 3.05) is 26.8 Å². The molecule has 0 aromatic carbocycles. The average molecular weight is 254 g/mol. The van der Waals surface area contributed by atoms with Crippen molar-refractivity contribution < 1.29 is 13.2 Å². The number of likely N-dealkylation sites (N-methyl/N-ethyl adjacent to an activating group) is 1. The highest BCUT2D eigenvalue weighted by Gasteiger charge is 2.40. The molecule has 1 unspecified atom stereocenters. The Morgan fingerprint density at radius 1 is 1.44 bits per heavy atom. The van der Waals surface area contributed by atoms with Crippen molar-refractivity contribution in [1.29, 1.82) is 0 Å². The minimum atomic E-state index is -4.53. The summed E-state index contributed by atoms with van der Waals surface area (Å²) >= 11 is 0.324. The average Bonchev–Trinajstić information content (AvgIpc) is 2.71. The lowest BCUT2D eigenvalue weighted by atomic mass is 10.6. The summed E-state index contributed by atoms with van der Waals surface area (Å²) in [5.41, 5.74) is 0. The number of hydroxylamine groups is 2. The molecule has 0 radical (unpaired) electrons. The molecule has 1 aliphatic heterocycles. The SMILES string of the molecule is CN1CC[N+]([O-])(c2nnc(C(F)(F)F)s2)C1. The molecule has 0 bridgehead atoms. The van der Waals surface area contributed by atoms with Gasteiger partial charge in [0.2, 0.25) is 5.01 Å². The normalized spacial score (nSPS) is 27.6. The fourth-order valence-corrected chi connectivity index (χ4v) is 2.28. The molecule has 1 atom stereocenters. The van der Waals surface area contributed by atoms with E-state index in [1.165, 1.54) is 0 Å². The van der Waals surface area contributed by atoms with E-state index < -0.39 is 15.8 Å². The molecule has 90 valence electrons. The number of rotatable bonds is 1. The summed E-state index contributed by atoms with van der Waals surface area (Å²) < 4.78 is 36.0. The van der Waals surface area contributed by atoms with Crippen LogP contribution in [0.25, 0.3) is 0 Å². The molecule has 1 saturated heterocycles. The number of quaternary nitrogens is 1. The molecule has 1 aromatic rings. The van der Waals surface area contributed by atoms with Crippen molar-refractivity contribution in [3.05, 3.63) is 10.2 Å². The first-order valence-electron chi connectivity index (χ1n) is 4.49. The van der Waals surface area contributed by atoms with Crippen molar-refractivity contribution in [3.8, 4) is 0 Å². The summed E-state index contributed by atoms with van der Waals surface area (Å²) in [6.07, 6.45) is -4.53. The summed E-state index contributed by atoms with van der Waals surface area (Å²) in [7, 11) is 1.74. The van der Waals surface area contributed by atoms with E-state index in [1.807, 2.05) is 0 Å². The van der Waals surface area contributed by atoms with Gasteiger partial charge in [-0.3, -0.25) is 9.55 Å². The maximum Gasteiger partial charge on any atom is 0.445 e. The van der Waals surface area contributed by atoms with Crippen LogP contribution in [0.1, 0.15) is 5.01 Å². The lowest BCUT2D eigenvalue weighted by Gasteiger charge is -2.33. The zero-order valence-electron chi connectivity index (χ0n) is 8.36. The zero-order valence-corrected chi connectivity index (χ0v) is 9.18. The third-order valence-electron chi connectivity index (χ3n) is 2.32. The number of hydrogen-bond acceptors (Lipinski definition) is 5. The Kier molecular flexibility index (Phi) is 2.65. The Balaban J connectivity index is 2.25. The van der Waals surface area contributed by atoms with Crippen LogP contribution in [0.2, 0.25) is 0 Å². The molecule has 1 aromatic heterocycles. The molecule has 0 aliphatic carbocycles. The highest BCUT2D eigenvalue weighted by atomic mass is 32.1. The van der Waals surface area contributed by atoms with Gasteiger partial charge in [0.05, 0.1) is 13.1 Å². The van der Waals surface area contributed by atoms with Crippen molar-refractivity contribution >= 4 is 16.5 Å². The van der Waals surface area contributed by atoms with Gasteiger partial charge in [0.15, 0.2) is 0 Å². The summed E-state index contributed by atoms with van der Waals surface area (Å²) in [6.45, 7) is 0.875. The third-order valence-corrected chi connectivity index (χ3v) is 3.42. The van der Waals surface area contributed by atoms with Crippen molar-refractivity contribution in [2.45, 2.75) is 6.18 Å². The Bertz CT molecular complexity index is 395. The fraction of sp³-hybridized carbons (Fsp3) is 0.714. The van der Waals surface area contributed by atoms with E-state index in [-0.39, 0.29) is 18.3 Å². The van der Waals surface area contributed by atoms with Gasteiger partial charge in [-0.15, -0.1) is 5.10 Å². The van der Waals surface area contributed by atoms with Crippen LogP contribution in [-0.4, -0.2) is 41.9 Å². The molecular weight excluding hydrogens is 245 g/mol. The molecule has 0 amide bonds.